The Bertz CT molecular complexity index is 697. The lowest BCUT2D eigenvalue weighted by atomic mass is 10.0. The van der Waals surface area contributed by atoms with Crippen LogP contribution in [0.5, 0.6) is 0 Å². The van der Waals surface area contributed by atoms with Crippen molar-refractivity contribution in [3.63, 3.8) is 0 Å². The smallest absolute Gasteiger partial charge is 0.190 e. The second-order valence-corrected chi connectivity index (χ2v) is 5.64. The van der Waals surface area contributed by atoms with Crippen molar-refractivity contribution in [2.75, 3.05) is 5.32 Å². The van der Waals surface area contributed by atoms with Gasteiger partial charge in [0.05, 0.1) is 9.88 Å². The summed E-state index contributed by atoms with van der Waals surface area (Å²) in [6.45, 7) is 0. The SMILES string of the molecule is NC(=S)Nc1nc2c(s1)=CC1=CC(Cl)=CCC=21. The number of anilines is 1. The molecule has 0 radical (unpaired) electrons. The second kappa shape index (κ2) is 3.94. The van der Waals surface area contributed by atoms with Crippen molar-refractivity contribution in [3.8, 4) is 0 Å². The van der Waals surface area contributed by atoms with Crippen molar-refractivity contribution < 1.29 is 0 Å². The fourth-order valence-corrected chi connectivity index (χ4v) is 3.23. The Morgan fingerprint density at radius 2 is 2.35 bits per heavy atom. The normalized spacial score (nSPS) is 16.6. The fraction of sp³-hybridized carbons (Fsp3) is 0.0909. The number of nitrogens with one attached hydrogen (secondary N) is 1. The minimum atomic E-state index is 0.241. The average Bonchev–Trinajstić information content (AvgIpc) is 2.72. The number of nitrogens with two attached hydrogens (primary N) is 1. The number of hydrogen-bond acceptors (Lipinski definition) is 3. The molecule has 0 aliphatic heterocycles. The minimum absolute atomic E-state index is 0.241. The molecule has 17 heavy (non-hydrogen) atoms. The molecule has 2 aliphatic carbocycles. The van der Waals surface area contributed by atoms with Crippen LogP contribution in [-0.2, 0) is 0 Å². The Hall–Kier alpha value is -1.17. The molecular formula is C11H8ClN3S2. The van der Waals surface area contributed by atoms with Gasteiger partial charge in [0, 0.05) is 5.03 Å². The molecule has 3 rings (SSSR count). The molecule has 1 aromatic heterocycles. The van der Waals surface area contributed by atoms with Crippen LogP contribution >= 0.6 is 35.2 Å². The fourth-order valence-electron chi connectivity index (χ4n) is 1.92. The highest BCUT2D eigenvalue weighted by Gasteiger charge is 2.17. The Morgan fingerprint density at radius 3 is 3.12 bits per heavy atom. The van der Waals surface area contributed by atoms with Crippen molar-refractivity contribution >= 4 is 57.0 Å². The lowest BCUT2D eigenvalue weighted by molar-refractivity contribution is 1.25. The maximum absolute atomic E-state index is 5.98. The summed E-state index contributed by atoms with van der Waals surface area (Å²) in [4.78, 5) is 4.50. The van der Waals surface area contributed by atoms with Gasteiger partial charge < -0.3 is 11.1 Å². The summed E-state index contributed by atoms with van der Waals surface area (Å²) in [6, 6.07) is 0. The van der Waals surface area contributed by atoms with E-state index in [-0.39, 0.29) is 5.11 Å². The van der Waals surface area contributed by atoms with E-state index in [2.05, 4.69) is 16.4 Å². The maximum Gasteiger partial charge on any atom is 0.190 e. The number of thiocarbonyl (C=S) groups is 1. The molecule has 86 valence electrons. The van der Waals surface area contributed by atoms with E-state index in [0.29, 0.717) is 0 Å². The molecule has 0 spiro atoms. The number of nitrogens with zero attached hydrogens (tertiary/aromatic N) is 1. The van der Waals surface area contributed by atoms with Crippen molar-refractivity contribution in [1.29, 1.82) is 0 Å². The van der Waals surface area contributed by atoms with E-state index in [9.17, 15) is 0 Å². The Balaban J connectivity index is 2.11. The number of allylic oxidation sites excluding steroid dienone is 4. The van der Waals surface area contributed by atoms with Crippen LogP contribution in [0, 0.1) is 0 Å². The average molecular weight is 282 g/mol. The molecule has 0 amide bonds. The van der Waals surface area contributed by atoms with E-state index in [1.54, 1.807) is 11.3 Å². The molecule has 0 bridgehead atoms. The highest BCUT2D eigenvalue weighted by atomic mass is 35.5. The third kappa shape index (κ3) is 1.90. The van der Waals surface area contributed by atoms with Gasteiger partial charge in [-0.05, 0) is 41.9 Å². The van der Waals surface area contributed by atoms with E-state index in [1.807, 2.05) is 12.2 Å². The van der Waals surface area contributed by atoms with Gasteiger partial charge in [-0.1, -0.05) is 29.0 Å². The molecule has 3 nitrogen and oxygen atoms in total. The lowest BCUT2D eigenvalue weighted by Crippen LogP contribution is -2.21. The quantitative estimate of drug-likeness (QED) is 0.760. The van der Waals surface area contributed by atoms with Gasteiger partial charge in [-0.25, -0.2) is 4.98 Å². The molecule has 0 aromatic carbocycles. The monoisotopic (exact) mass is 281 g/mol. The summed E-state index contributed by atoms with van der Waals surface area (Å²) >= 11 is 12.3. The summed E-state index contributed by atoms with van der Waals surface area (Å²) in [5.74, 6) is 0. The van der Waals surface area contributed by atoms with E-state index < -0.39 is 0 Å². The largest absolute Gasteiger partial charge is 0.376 e. The Labute approximate surface area is 112 Å². The first-order chi connectivity index (χ1) is 8.13. The summed E-state index contributed by atoms with van der Waals surface area (Å²) in [5, 5.41) is 5.65. The predicted molar refractivity (Wildman–Crippen MR) is 76.3 cm³/mol. The topological polar surface area (TPSA) is 50.9 Å². The van der Waals surface area contributed by atoms with E-state index in [1.165, 1.54) is 5.57 Å². The van der Waals surface area contributed by atoms with Gasteiger partial charge >= 0.3 is 0 Å². The third-order valence-electron chi connectivity index (χ3n) is 2.60. The second-order valence-electron chi connectivity index (χ2n) is 3.74. The van der Waals surface area contributed by atoms with Gasteiger partial charge in [0.1, 0.15) is 0 Å². The molecule has 0 unspecified atom stereocenters. The third-order valence-corrected chi connectivity index (χ3v) is 3.88. The zero-order chi connectivity index (χ0) is 12.0. The number of halogens is 1. The van der Waals surface area contributed by atoms with Crippen LogP contribution in [0.15, 0.2) is 22.8 Å². The first-order valence-electron chi connectivity index (χ1n) is 4.99. The first-order valence-corrected chi connectivity index (χ1v) is 6.60. The van der Waals surface area contributed by atoms with Crippen molar-refractivity contribution in [2.24, 2.45) is 5.73 Å². The number of hydrogen-bond donors (Lipinski definition) is 2. The molecule has 1 aromatic rings. The number of rotatable bonds is 1. The van der Waals surface area contributed by atoms with Gasteiger partial charge in [0.25, 0.3) is 0 Å². The standard InChI is InChI=1S/C11H8ClN3S2/c12-6-1-2-7-5(3-6)4-8-9(7)14-11(17-8)15-10(13)16/h1,3-4H,2H2,(H3,13,14,15,16). The van der Waals surface area contributed by atoms with Crippen LogP contribution < -0.4 is 20.9 Å². The van der Waals surface area contributed by atoms with Crippen molar-refractivity contribution in [3.05, 3.63) is 32.6 Å². The molecule has 2 aliphatic rings. The van der Waals surface area contributed by atoms with Crippen LogP contribution in [0.3, 0.4) is 0 Å². The minimum Gasteiger partial charge on any atom is -0.376 e. The maximum atomic E-state index is 5.98. The molecule has 0 saturated heterocycles. The van der Waals surface area contributed by atoms with E-state index in [0.717, 1.165) is 32.0 Å². The van der Waals surface area contributed by atoms with Crippen LogP contribution in [0.4, 0.5) is 5.13 Å². The summed E-state index contributed by atoms with van der Waals surface area (Å²) < 4.78 is 1.13. The molecule has 1 heterocycles. The summed E-state index contributed by atoms with van der Waals surface area (Å²) in [7, 11) is 0. The number of aromatic nitrogens is 1. The molecule has 6 heteroatoms. The van der Waals surface area contributed by atoms with Gasteiger partial charge in [-0.2, -0.15) is 0 Å². The van der Waals surface area contributed by atoms with Gasteiger partial charge in [-0.3, -0.25) is 0 Å². The van der Waals surface area contributed by atoms with Gasteiger partial charge in [0.2, 0.25) is 0 Å². The van der Waals surface area contributed by atoms with E-state index >= 15 is 0 Å². The van der Waals surface area contributed by atoms with Crippen molar-refractivity contribution in [1.82, 2.24) is 4.98 Å². The highest BCUT2D eigenvalue weighted by molar-refractivity contribution is 7.80. The van der Waals surface area contributed by atoms with E-state index in [4.69, 9.17) is 29.6 Å². The van der Waals surface area contributed by atoms with Crippen molar-refractivity contribution in [2.45, 2.75) is 6.42 Å². The molecule has 0 atom stereocenters. The van der Waals surface area contributed by atoms with Crippen LogP contribution in [0.2, 0.25) is 0 Å². The van der Waals surface area contributed by atoms with Crippen LogP contribution in [0.1, 0.15) is 6.42 Å². The van der Waals surface area contributed by atoms with Crippen LogP contribution in [-0.4, -0.2) is 10.1 Å². The first kappa shape index (κ1) is 11.0. The number of fused-ring (bicyclic) bond motifs is 2. The highest BCUT2D eigenvalue weighted by Crippen LogP contribution is 2.28. The summed E-state index contributed by atoms with van der Waals surface area (Å²) in [5.41, 5.74) is 7.80. The van der Waals surface area contributed by atoms with Gasteiger partial charge in [-0.15, -0.1) is 0 Å². The molecule has 3 N–H and O–H groups in total. The molecule has 0 saturated carbocycles. The zero-order valence-electron chi connectivity index (χ0n) is 8.66. The lowest BCUT2D eigenvalue weighted by Gasteiger charge is -2.07. The summed E-state index contributed by atoms with van der Waals surface area (Å²) in [6.07, 6.45) is 6.88. The van der Waals surface area contributed by atoms with Crippen LogP contribution in [0.25, 0.3) is 11.6 Å². The Kier molecular flexibility index (Phi) is 2.54. The molecule has 0 fully saturated rings. The Morgan fingerprint density at radius 1 is 1.53 bits per heavy atom. The predicted octanol–water partition coefficient (Wildman–Crippen LogP) is 1.20. The number of thiazole rings is 1. The van der Waals surface area contributed by atoms with Gasteiger partial charge in [0.15, 0.2) is 10.2 Å². The zero-order valence-corrected chi connectivity index (χ0v) is 11.0. The molecular weight excluding hydrogens is 274 g/mol.